The summed E-state index contributed by atoms with van der Waals surface area (Å²) in [5.74, 6) is -0.481. The number of aryl methyl sites for hydroxylation is 1. The Hall–Kier alpha value is -1.86. The molecule has 2 nitrogen and oxygen atoms in total. The number of thiophene rings is 1. The summed E-state index contributed by atoms with van der Waals surface area (Å²) in [5.41, 5.74) is 2.07. The van der Waals surface area contributed by atoms with Crippen molar-refractivity contribution >= 4 is 17.0 Å². The quantitative estimate of drug-likeness (QED) is 0.896. The molecule has 0 fully saturated rings. The smallest absolute Gasteiger partial charge is 0.141 e. The molecule has 0 spiro atoms. The normalized spacial score (nSPS) is 9.94. The molecule has 2 aromatic rings. The summed E-state index contributed by atoms with van der Waals surface area (Å²) in [5, 5.41) is 13.9. The second-order valence-corrected chi connectivity index (χ2v) is 4.69. The molecular formula is C13H11FN2S. The van der Waals surface area contributed by atoms with Crippen LogP contribution in [0.3, 0.4) is 0 Å². The maximum Gasteiger partial charge on any atom is 0.141 e. The summed E-state index contributed by atoms with van der Waals surface area (Å²) < 4.78 is 13.1. The Labute approximate surface area is 103 Å². The average Bonchev–Trinajstić information content (AvgIpc) is 2.74. The van der Waals surface area contributed by atoms with E-state index in [-0.39, 0.29) is 5.56 Å². The third-order valence-electron chi connectivity index (χ3n) is 2.51. The Balaban J connectivity index is 2.10. The molecule has 17 heavy (non-hydrogen) atoms. The van der Waals surface area contributed by atoms with Gasteiger partial charge < -0.3 is 5.32 Å². The van der Waals surface area contributed by atoms with Gasteiger partial charge in [0.25, 0.3) is 0 Å². The van der Waals surface area contributed by atoms with Crippen LogP contribution >= 0.6 is 11.3 Å². The van der Waals surface area contributed by atoms with Gasteiger partial charge in [0.2, 0.25) is 0 Å². The number of hydrogen-bond donors (Lipinski definition) is 1. The van der Waals surface area contributed by atoms with Crippen LogP contribution in [0.25, 0.3) is 0 Å². The highest BCUT2D eigenvalue weighted by molar-refractivity contribution is 7.10. The van der Waals surface area contributed by atoms with Gasteiger partial charge in [-0.3, -0.25) is 0 Å². The van der Waals surface area contributed by atoms with Gasteiger partial charge in [0.1, 0.15) is 11.9 Å². The molecule has 0 atom stereocenters. The van der Waals surface area contributed by atoms with Gasteiger partial charge in [-0.15, -0.1) is 11.3 Å². The van der Waals surface area contributed by atoms with E-state index in [0.29, 0.717) is 6.54 Å². The molecule has 0 bridgehead atoms. The van der Waals surface area contributed by atoms with Crippen LogP contribution < -0.4 is 5.32 Å². The summed E-state index contributed by atoms with van der Waals surface area (Å²) in [6.45, 7) is 2.75. The Morgan fingerprint density at radius 2 is 2.24 bits per heavy atom. The van der Waals surface area contributed by atoms with Gasteiger partial charge in [-0.1, -0.05) is 0 Å². The first kappa shape index (κ1) is 11.6. The predicted molar refractivity (Wildman–Crippen MR) is 67.5 cm³/mol. The lowest BCUT2D eigenvalue weighted by Gasteiger charge is -2.06. The fourth-order valence-corrected chi connectivity index (χ4v) is 2.33. The minimum Gasteiger partial charge on any atom is -0.380 e. The Bertz CT molecular complexity index is 569. The molecule has 2 rings (SSSR count). The van der Waals surface area contributed by atoms with Crippen molar-refractivity contribution in [2.45, 2.75) is 13.5 Å². The first-order chi connectivity index (χ1) is 8.20. The highest BCUT2D eigenvalue weighted by Gasteiger charge is 2.03. The number of anilines is 1. The van der Waals surface area contributed by atoms with E-state index in [1.54, 1.807) is 17.4 Å². The molecule has 0 saturated carbocycles. The molecule has 0 unspecified atom stereocenters. The SMILES string of the molecule is Cc1ccsc1CNc1ccc(F)c(C#N)c1. The zero-order valence-corrected chi connectivity index (χ0v) is 10.1. The molecule has 0 aliphatic heterocycles. The molecular weight excluding hydrogens is 235 g/mol. The molecule has 1 heterocycles. The predicted octanol–water partition coefficient (Wildman–Crippen LogP) is 3.68. The van der Waals surface area contributed by atoms with Crippen molar-refractivity contribution in [3.8, 4) is 6.07 Å². The van der Waals surface area contributed by atoms with E-state index in [0.717, 1.165) is 5.69 Å². The number of halogens is 1. The second-order valence-electron chi connectivity index (χ2n) is 3.69. The first-order valence-corrected chi connectivity index (χ1v) is 6.05. The topological polar surface area (TPSA) is 35.8 Å². The highest BCUT2D eigenvalue weighted by Crippen LogP contribution is 2.19. The van der Waals surface area contributed by atoms with Gasteiger partial charge in [0.05, 0.1) is 5.56 Å². The zero-order chi connectivity index (χ0) is 12.3. The van der Waals surface area contributed by atoms with Crippen LogP contribution in [0.1, 0.15) is 16.0 Å². The zero-order valence-electron chi connectivity index (χ0n) is 9.33. The number of nitrogens with one attached hydrogen (secondary N) is 1. The summed E-state index contributed by atoms with van der Waals surface area (Å²) in [6.07, 6.45) is 0. The highest BCUT2D eigenvalue weighted by atomic mass is 32.1. The molecule has 0 radical (unpaired) electrons. The molecule has 0 amide bonds. The second kappa shape index (κ2) is 4.98. The van der Waals surface area contributed by atoms with Crippen LogP contribution in [-0.4, -0.2) is 0 Å². The summed E-state index contributed by atoms with van der Waals surface area (Å²) in [7, 11) is 0. The van der Waals surface area contributed by atoms with Crippen LogP contribution in [0.4, 0.5) is 10.1 Å². The Morgan fingerprint density at radius 3 is 2.88 bits per heavy atom. The molecule has 1 aromatic heterocycles. The van der Waals surface area contributed by atoms with Crippen LogP contribution in [0.5, 0.6) is 0 Å². The van der Waals surface area contributed by atoms with Crippen molar-refractivity contribution in [1.29, 1.82) is 5.26 Å². The third-order valence-corrected chi connectivity index (χ3v) is 3.53. The van der Waals surface area contributed by atoms with Gasteiger partial charge in [-0.25, -0.2) is 4.39 Å². The summed E-state index contributed by atoms with van der Waals surface area (Å²) in [4.78, 5) is 1.24. The standard InChI is InChI=1S/C13H11FN2S/c1-9-4-5-17-13(9)8-16-11-2-3-12(14)10(6-11)7-15/h2-6,16H,8H2,1H3. The van der Waals surface area contributed by atoms with E-state index in [9.17, 15) is 4.39 Å². The van der Waals surface area contributed by atoms with Gasteiger partial charge in [-0.2, -0.15) is 5.26 Å². The van der Waals surface area contributed by atoms with Gasteiger partial charge >= 0.3 is 0 Å². The lowest BCUT2D eigenvalue weighted by Crippen LogP contribution is -1.99. The summed E-state index contributed by atoms with van der Waals surface area (Å²) >= 11 is 1.68. The van der Waals surface area contributed by atoms with Crippen LogP contribution in [0, 0.1) is 24.1 Å². The molecule has 86 valence electrons. The molecule has 0 aliphatic carbocycles. The molecule has 0 saturated heterocycles. The van der Waals surface area contributed by atoms with Gasteiger partial charge in [0.15, 0.2) is 0 Å². The number of hydrogen-bond acceptors (Lipinski definition) is 3. The van der Waals surface area contributed by atoms with Crippen molar-refractivity contribution in [1.82, 2.24) is 0 Å². The largest absolute Gasteiger partial charge is 0.380 e. The molecule has 0 aliphatic rings. The van der Waals surface area contributed by atoms with Crippen molar-refractivity contribution in [3.63, 3.8) is 0 Å². The minimum atomic E-state index is -0.481. The van der Waals surface area contributed by atoms with Crippen LogP contribution in [0.2, 0.25) is 0 Å². The lowest BCUT2D eigenvalue weighted by atomic mass is 10.2. The van der Waals surface area contributed by atoms with Crippen LogP contribution in [-0.2, 0) is 6.54 Å². The van der Waals surface area contributed by atoms with Crippen molar-refractivity contribution in [3.05, 3.63) is 51.5 Å². The fraction of sp³-hybridized carbons (Fsp3) is 0.154. The van der Waals surface area contributed by atoms with Crippen molar-refractivity contribution < 1.29 is 4.39 Å². The van der Waals surface area contributed by atoms with Gasteiger partial charge in [-0.05, 0) is 42.1 Å². The fourth-order valence-electron chi connectivity index (χ4n) is 1.49. The number of rotatable bonds is 3. The molecule has 1 aromatic carbocycles. The number of benzene rings is 1. The maximum atomic E-state index is 13.1. The van der Waals surface area contributed by atoms with Gasteiger partial charge in [0, 0.05) is 17.1 Å². The minimum absolute atomic E-state index is 0.0675. The van der Waals surface area contributed by atoms with Crippen LogP contribution in [0.15, 0.2) is 29.6 Å². The van der Waals surface area contributed by atoms with E-state index < -0.39 is 5.82 Å². The summed E-state index contributed by atoms with van der Waals surface area (Å²) in [6, 6.07) is 8.36. The van der Waals surface area contributed by atoms with E-state index in [2.05, 4.69) is 18.3 Å². The van der Waals surface area contributed by atoms with E-state index in [1.807, 2.05) is 11.4 Å². The number of nitriles is 1. The average molecular weight is 246 g/mol. The Kier molecular flexibility index (Phi) is 3.40. The van der Waals surface area contributed by atoms with E-state index >= 15 is 0 Å². The number of nitrogens with zero attached hydrogens (tertiary/aromatic N) is 1. The van der Waals surface area contributed by atoms with Crippen molar-refractivity contribution in [2.24, 2.45) is 0 Å². The molecule has 1 N–H and O–H groups in total. The lowest BCUT2D eigenvalue weighted by molar-refractivity contribution is 0.624. The van der Waals surface area contributed by atoms with E-state index in [4.69, 9.17) is 5.26 Å². The first-order valence-electron chi connectivity index (χ1n) is 5.17. The third kappa shape index (κ3) is 2.63. The Morgan fingerprint density at radius 1 is 1.41 bits per heavy atom. The monoisotopic (exact) mass is 246 g/mol. The van der Waals surface area contributed by atoms with Crippen molar-refractivity contribution in [2.75, 3.05) is 5.32 Å². The van der Waals surface area contributed by atoms with E-state index in [1.165, 1.54) is 22.6 Å². The molecule has 4 heteroatoms. The maximum absolute atomic E-state index is 13.1.